The van der Waals surface area contributed by atoms with E-state index in [2.05, 4.69) is 0 Å². The second-order valence-electron chi connectivity index (χ2n) is 5.42. The van der Waals surface area contributed by atoms with Crippen molar-refractivity contribution in [2.24, 2.45) is 5.92 Å². The van der Waals surface area contributed by atoms with Crippen molar-refractivity contribution in [3.05, 3.63) is 20.7 Å². The molecule has 1 saturated heterocycles. The number of aromatic nitrogens is 1. The van der Waals surface area contributed by atoms with Gasteiger partial charge < -0.3 is 14.6 Å². The topological polar surface area (TPSA) is 79.6 Å². The van der Waals surface area contributed by atoms with Gasteiger partial charge in [0.1, 0.15) is 0 Å². The molecule has 116 valence electrons. The van der Waals surface area contributed by atoms with Gasteiger partial charge in [-0.25, -0.2) is 0 Å². The molecule has 1 aromatic rings. The molecule has 2 rings (SSSR count). The normalized spacial score (nSPS) is 18.7. The van der Waals surface area contributed by atoms with E-state index in [1.807, 2.05) is 12.3 Å². The summed E-state index contributed by atoms with van der Waals surface area (Å²) in [5.41, 5.74) is 0.918. The molecule has 1 aromatic heterocycles. The molecular weight excluding hydrogens is 292 g/mol. The summed E-state index contributed by atoms with van der Waals surface area (Å²) in [4.78, 5) is 36.3. The second kappa shape index (κ2) is 6.89. The Labute approximate surface area is 127 Å². The van der Waals surface area contributed by atoms with E-state index < -0.39 is 11.9 Å². The number of carbonyl (C=O) groups excluding carboxylic acids is 1. The molecule has 1 amide bonds. The minimum atomic E-state index is -0.826. The summed E-state index contributed by atoms with van der Waals surface area (Å²) in [6.45, 7) is 3.36. The lowest BCUT2D eigenvalue weighted by molar-refractivity contribution is -0.145. The van der Waals surface area contributed by atoms with Gasteiger partial charge in [0, 0.05) is 37.1 Å². The number of carbonyl (C=O) groups is 2. The number of rotatable bonds is 5. The first-order chi connectivity index (χ1) is 9.99. The minimum absolute atomic E-state index is 0.00358. The van der Waals surface area contributed by atoms with Gasteiger partial charge in [-0.3, -0.25) is 14.4 Å². The van der Waals surface area contributed by atoms with Crippen LogP contribution in [-0.2, 0) is 16.1 Å². The third kappa shape index (κ3) is 3.93. The van der Waals surface area contributed by atoms with Crippen LogP contribution in [0.3, 0.4) is 0 Å². The molecule has 0 aromatic carbocycles. The zero-order valence-electron chi connectivity index (χ0n) is 12.1. The van der Waals surface area contributed by atoms with E-state index >= 15 is 0 Å². The van der Waals surface area contributed by atoms with Crippen LogP contribution in [0.1, 0.15) is 31.4 Å². The van der Waals surface area contributed by atoms with Crippen LogP contribution < -0.4 is 4.87 Å². The molecule has 2 heterocycles. The van der Waals surface area contributed by atoms with Gasteiger partial charge in [0.05, 0.1) is 5.92 Å². The Bertz CT molecular complexity index is 578. The predicted molar refractivity (Wildman–Crippen MR) is 79.5 cm³/mol. The first-order valence-corrected chi connectivity index (χ1v) is 8.02. The molecule has 1 aliphatic heterocycles. The van der Waals surface area contributed by atoms with E-state index in [1.165, 1.54) is 11.3 Å². The Morgan fingerprint density at radius 1 is 1.48 bits per heavy atom. The number of thiazole rings is 1. The molecule has 0 unspecified atom stereocenters. The predicted octanol–water partition coefficient (Wildman–Crippen LogP) is 1.32. The highest BCUT2D eigenvalue weighted by molar-refractivity contribution is 7.07. The number of carboxylic acids is 1. The van der Waals surface area contributed by atoms with Crippen LogP contribution in [0.25, 0.3) is 0 Å². The van der Waals surface area contributed by atoms with Crippen LogP contribution >= 0.6 is 11.3 Å². The fourth-order valence-corrected chi connectivity index (χ4v) is 3.39. The number of piperidine rings is 1. The zero-order chi connectivity index (χ0) is 15.4. The van der Waals surface area contributed by atoms with Crippen LogP contribution in [0.4, 0.5) is 0 Å². The molecule has 1 N–H and O–H groups in total. The lowest BCUT2D eigenvalue weighted by Gasteiger charge is -2.30. The molecular formula is C14H20N2O4S. The Morgan fingerprint density at radius 2 is 2.24 bits per heavy atom. The molecule has 0 radical (unpaired) electrons. The molecule has 6 nitrogen and oxygen atoms in total. The Morgan fingerprint density at radius 3 is 2.86 bits per heavy atom. The molecule has 0 saturated carbocycles. The molecule has 21 heavy (non-hydrogen) atoms. The van der Waals surface area contributed by atoms with Gasteiger partial charge in [-0.05, 0) is 26.2 Å². The van der Waals surface area contributed by atoms with Crippen LogP contribution in [0.5, 0.6) is 0 Å². The van der Waals surface area contributed by atoms with Crippen molar-refractivity contribution in [2.45, 2.75) is 39.2 Å². The summed E-state index contributed by atoms with van der Waals surface area (Å²) in [6.07, 6.45) is 2.34. The first-order valence-electron chi connectivity index (χ1n) is 7.14. The third-order valence-electron chi connectivity index (χ3n) is 3.87. The summed E-state index contributed by atoms with van der Waals surface area (Å²) in [5, 5.41) is 10.8. The summed E-state index contributed by atoms with van der Waals surface area (Å²) in [5.74, 6) is -1.28. The van der Waals surface area contributed by atoms with Gasteiger partial charge in [0.25, 0.3) is 0 Å². The highest BCUT2D eigenvalue weighted by atomic mass is 32.1. The maximum Gasteiger partial charge on any atom is 0.308 e. The number of amides is 1. The van der Waals surface area contributed by atoms with Crippen LogP contribution in [0.15, 0.2) is 10.2 Å². The maximum absolute atomic E-state index is 12.1. The van der Waals surface area contributed by atoms with Gasteiger partial charge in [-0.2, -0.15) is 0 Å². The molecule has 0 spiro atoms. The Kier molecular flexibility index (Phi) is 5.17. The van der Waals surface area contributed by atoms with Gasteiger partial charge in [0.15, 0.2) is 0 Å². The highest BCUT2D eigenvalue weighted by Crippen LogP contribution is 2.17. The van der Waals surface area contributed by atoms with E-state index in [-0.39, 0.29) is 10.8 Å². The van der Waals surface area contributed by atoms with Gasteiger partial charge in [-0.1, -0.05) is 11.3 Å². The van der Waals surface area contributed by atoms with Crippen LogP contribution in [-0.4, -0.2) is 39.5 Å². The van der Waals surface area contributed by atoms with Crippen molar-refractivity contribution in [1.82, 2.24) is 9.47 Å². The molecule has 0 bridgehead atoms. The van der Waals surface area contributed by atoms with E-state index in [9.17, 15) is 14.4 Å². The summed E-state index contributed by atoms with van der Waals surface area (Å²) in [6, 6.07) is 0. The fourth-order valence-electron chi connectivity index (χ4n) is 2.63. The number of hydrogen-bond acceptors (Lipinski definition) is 4. The monoisotopic (exact) mass is 312 g/mol. The minimum Gasteiger partial charge on any atom is -0.481 e. The van der Waals surface area contributed by atoms with Gasteiger partial charge in [0.2, 0.25) is 5.91 Å². The number of hydrogen-bond donors (Lipinski definition) is 1. The Hall–Kier alpha value is -1.63. The van der Waals surface area contributed by atoms with E-state index in [4.69, 9.17) is 5.11 Å². The van der Waals surface area contributed by atoms with Crippen molar-refractivity contribution < 1.29 is 14.7 Å². The summed E-state index contributed by atoms with van der Waals surface area (Å²) < 4.78 is 1.67. The smallest absolute Gasteiger partial charge is 0.308 e. The molecule has 0 aliphatic carbocycles. The van der Waals surface area contributed by atoms with Crippen molar-refractivity contribution in [3.8, 4) is 0 Å². The van der Waals surface area contributed by atoms with E-state index in [0.29, 0.717) is 38.9 Å². The number of aryl methyl sites for hydroxylation is 1. The number of aliphatic carboxylic acids is 1. The molecule has 1 aliphatic rings. The van der Waals surface area contributed by atoms with Gasteiger partial charge in [-0.15, -0.1) is 0 Å². The summed E-state index contributed by atoms with van der Waals surface area (Å²) in [7, 11) is 0. The highest BCUT2D eigenvalue weighted by Gasteiger charge is 2.27. The van der Waals surface area contributed by atoms with Gasteiger partial charge >= 0.3 is 10.8 Å². The molecule has 1 fully saturated rings. The Balaban J connectivity index is 1.82. The molecule has 1 atom stereocenters. The summed E-state index contributed by atoms with van der Waals surface area (Å²) >= 11 is 1.17. The lowest BCUT2D eigenvalue weighted by atomic mass is 9.98. The van der Waals surface area contributed by atoms with Crippen molar-refractivity contribution in [3.63, 3.8) is 0 Å². The average Bonchev–Trinajstić information content (AvgIpc) is 2.79. The van der Waals surface area contributed by atoms with Crippen molar-refractivity contribution in [2.75, 3.05) is 13.1 Å². The number of carboxylic acid groups (broad SMARTS) is 1. The number of likely N-dealkylation sites (tertiary alicyclic amines) is 1. The van der Waals surface area contributed by atoms with E-state index in [0.717, 1.165) is 12.1 Å². The second-order valence-corrected chi connectivity index (χ2v) is 6.24. The van der Waals surface area contributed by atoms with Crippen LogP contribution in [0.2, 0.25) is 0 Å². The van der Waals surface area contributed by atoms with Crippen molar-refractivity contribution in [1.29, 1.82) is 0 Å². The fraction of sp³-hybridized carbons (Fsp3) is 0.643. The lowest BCUT2D eigenvalue weighted by Crippen LogP contribution is -2.42. The van der Waals surface area contributed by atoms with Crippen LogP contribution in [0, 0.1) is 12.8 Å². The third-order valence-corrected chi connectivity index (χ3v) is 4.75. The molecule has 7 heteroatoms. The maximum atomic E-state index is 12.1. The quantitative estimate of drug-likeness (QED) is 0.889. The average molecular weight is 312 g/mol. The van der Waals surface area contributed by atoms with E-state index in [1.54, 1.807) is 9.47 Å². The standard InChI is InChI=1S/C14H20N2O4S/c1-10-9-21-14(20)16(10)7-3-5-12(17)15-6-2-4-11(8-15)13(18)19/h9,11H,2-8H2,1H3,(H,18,19)/t11-/m0/s1. The SMILES string of the molecule is Cc1csc(=O)n1CCCC(=O)N1CCC[C@H](C(=O)O)C1. The largest absolute Gasteiger partial charge is 0.481 e. The zero-order valence-corrected chi connectivity index (χ0v) is 12.9. The first kappa shape index (κ1) is 15.8. The van der Waals surface area contributed by atoms with Crippen molar-refractivity contribution >= 4 is 23.2 Å². The number of nitrogens with zero attached hydrogens (tertiary/aromatic N) is 2.